The first-order valence-electron chi connectivity index (χ1n) is 15.1. The Bertz CT molecular complexity index is 1960. The molecule has 7 rings (SSSR count). The average Bonchev–Trinajstić information content (AvgIpc) is 3.12. The number of anilines is 2. The molecule has 0 N–H and O–H groups in total. The van der Waals surface area contributed by atoms with Crippen molar-refractivity contribution < 1.29 is 0 Å². The Hall–Kier alpha value is -5.52. The summed E-state index contributed by atoms with van der Waals surface area (Å²) in [5.41, 5.74) is 8.83. The first kappa shape index (κ1) is 30.5. The first-order chi connectivity index (χ1) is 22.5. The van der Waals surface area contributed by atoms with Crippen LogP contribution in [0.15, 0.2) is 174 Å². The normalized spacial score (nSPS) is 12.1. The molecule has 2 heterocycles. The van der Waals surface area contributed by atoms with Gasteiger partial charge in [-0.3, -0.25) is 0 Å². The molecule has 224 valence electrons. The minimum Gasteiger partial charge on any atom is -0.308 e. The molecule has 46 heavy (non-hydrogen) atoms. The van der Waals surface area contributed by atoms with Crippen molar-refractivity contribution in [1.29, 1.82) is 0 Å². The van der Waals surface area contributed by atoms with E-state index in [4.69, 9.17) is 15.0 Å². The van der Waals surface area contributed by atoms with E-state index in [0.29, 0.717) is 17.5 Å². The molecule has 6 aromatic rings. The Labute approximate surface area is 275 Å². The van der Waals surface area contributed by atoms with Crippen molar-refractivity contribution in [3.8, 4) is 34.2 Å². The first-order valence-corrected chi connectivity index (χ1v) is 15.9. The van der Waals surface area contributed by atoms with Crippen molar-refractivity contribution in [2.24, 2.45) is 0 Å². The second-order valence-electron chi connectivity index (χ2n) is 10.8. The molecule has 0 spiro atoms. The molecule has 0 fully saturated rings. The third kappa shape index (κ3) is 6.75. The molecule has 0 aliphatic carbocycles. The average molecular weight is 615 g/mol. The van der Waals surface area contributed by atoms with Crippen LogP contribution in [0, 0.1) is 13.8 Å². The minimum absolute atomic E-state index is 0.685. The maximum atomic E-state index is 4.71. The van der Waals surface area contributed by atoms with Crippen LogP contribution in [0.3, 0.4) is 0 Å². The number of aryl methyl sites for hydroxylation is 2. The van der Waals surface area contributed by atoms with E-state index in [1.165, 1.54) is 21.7 Å². The lowest BCUT2D eigenvalue weighted by Gasteiger charge is -2.33. The molecular weight excluding hydrogens is 581 g/mol. The lowest BCUT2D eigenvalue weighted by molar-refractivity contribution is 1.07. The Morgan fingerprint density at radius 1 is 0.543 bits per heavy atom. The number of benzene rings is 5. The van der Waals surface area contributed by atoms with Gasteiger partial charge in [0.1, 0.15) is 0 Å². The molecular formula is C41H34N4S. The zero-order valence-corrected chi connectivity index (χ0v) is 26.8. The third-order valence-corrected chi connectivity index (χ3v) is 8.63. The molecule has 0 atom stereocenters. The second kappa shape index (κ2) is 14.1. The van der Waals surface area contributed by atoms with Crippen LogP contribution in [-0.4, -0.2) is 15.0 Å². The fraction of sp³-hybridized carbons (Fsp3) is 0.0488. The highest BCUT2D eigenvalue weighted by molar-refractivity contribution is 8.03. The number of allylic oxidation sites excluding steroid dienone is 2. The van der Waals surface area contributed by atoms with Crippen molar-refractivity contribution >= 4 is 23.1 Å². The van der Waals surface area contributed by atoms with Crippen LogP contribution in [-0.2, 0) is 0 Å². The zero-order valence-electron chi connectivity index (χ0n) is 26.0. The van der Waals surface area contributed by atoms with Gasteiger partial charge in [0.05, 0.1) is 11.4 Å². The molecule has 0 saturated heterocycles. The Morgan fingerprint density at radius 3 is 1.63 bits per heavy atom. The molecule has 0 saturated carbocycles. The van der Waals surface area contributed by atoms with E-state index in [1.807, 2.05) is 84.9 Å². The monoisotopic (exact) mass is 614 g/mol. The summed E-state index contributed by atoms with van der Waals surface area (Å²) in [6.07, 6.45) is 3.81. The van der Waals surface area contributed by atoms with Crippen LogP contribution in [0.25, 0.3) is 34.2 Å². The zero-order chi connectivity index (χ0) is 31.9. The molecule has 5 aromatic carbocycles. The van der Waals surface area contributed by atoms with Gasteiger partial charge in [-0.2, -0.15) is 0 Å². The van der Waals surface area contributed by atoms with Crippen molar-refractivity contribution in [2.75, 3.05) is 4.90 Å². The summed E-state index contributed by atoms with van der Waals surface area (Å²) in [4.78, 5) is 18.7. The van der Waals surface area contributed by atoms with Gasteiger partial charge in [0, 0.05) is 32.2 Å². The fourth-order valence-electron chi connectivity index (χ4n) is 5.16. The van der Waals surface area contributed by atoms with Gasteiger partial charge >= 0.3 is 0 Å². The summed E-state index contributed by atoms with van der Waals surface area (Å²) in [5.74, 6) is 2.06. The van der Waals surface area contributed by atoms with Crippen LogP contribution in [0.5, 0.6) is 0 Å². The lowest BCUT2D eigenvalue weighted by Crippen LogP contribution is -2.19. The van der Waals surface area contributed by atoms with Gasteiger partial charge in [0.2, 0.25) is 0 Å². The number of hydrogen-bond acceptors (Lipinski definition) is 5. The highest BCUT2D eigenvalue weighted by atomic mass is 32.2. The summed E-state index contributed by atoms with van der Waals surface area (Å²) >= 11 is 1.74. The molecule has 1 aliphatic heterocycles. The van der Waals surface area contributed by atoms with Crippen molar-refractivity contribution in [3.05, 3.63) is 180 Å². The summed E-state index contributed by atoms with van der Waals surface area (Å²) in [7, 11) is 0. The highest BCUT2D eigenvalue weighted by Crippen LogP contribution is 2.47. The van der Waals surface area contributed by atoms with Crippen molar-refractivity contribution in [1.82, 2.24) is 15.0 Å². The Morgan fingerprint density at radius 2 is 1.09 bits per heavy atom. The SMILES string of the molecule is C=CC1=C(C=C)N(c2cccc(C)c2)c2ccccc2S1.Cc1ccc(-c2nc(-c3ccccc3)nc(-c3ccccc3)n2)cc1. The number of para-hydroxylation sites is 1. The van der Waals surface area contributed by atoms with E-state index < -0.39 is 0 Å². The predicted octanol–water partition coefficient (Wildman–Crippen LogP) is 11.0. The van der Waals surface area contributed by atoms with E-state index in [9.17, 15) is 0 Å². The number of hydrogen-bond donors (Lipinski definition) is 0. The van der Waals surface area contributed by atoms with Crippen LogP contribution in [0.2, 0.25) is 0 Å². The van der Waals surface area contributed by atoms with Gasteiger partial charge in [-0.05, 0) is 49.8 Å². The molecule has 1 aromatic heterocycles. The molecule has 0 amide bonds. The maximum Gasteiger partial charge on any atom is 0.164 e. The Kier molecular flexibility index (Phi) is 9.32. The van der Waals surface area contributed by atoms with Gasteiger partial charge in [-0.15, -0.1) is 0 Å². The standard InChI is InChI=1S/C22H17N3.C19H17NS/c1-16-12-14-19(15-13-16)22-24-20(17-8-4-2-5-9-17)23-21(25-22)18-10-6-3-7-11-18;1-4-16-18(5-2)21-19-12-7-6-11-17(19)20(16)15-10-8-9-14(3)13-15/h2-15H,1H3;4-13H,1-2H2,3H3. The molecule has 0 radical (unpaired) electrons. The van der Waals surface area contributed by atoms with Gasteiger partial charge in [0.15, 0.2) is 17.5 Å². The molecule has 1 aliphatic rings. The van der Waals surface area contributed by atoms with E-state index in [-0.39, 0.29) is 0 Å². The van der Waals surface area contributed by atoms with Gasteiger partial charge < -0.3 is 4.90 Å². The minimum atomic E-state index is 0.685. The van der Waals surface area contributed by atoms with Crippen LogP contribution in [0.1, 0.15) is 11.1 Å². The molecule has 4 nitrogen and oxygen atoms in total. The van der Waals surface area contributed by atoms with E-state index in [1.54, 1.807) is 11.8 Å². The van der Waals surface area contributed by atoms with E-state index in [2.05, 4.69) is 92.6 Å². The molecule has 0 unspecified atom stereocenters. The fourth-order valence-corrected chi connectivity index (χ4v) is 6.17. The predicted molar refractivity (Wildman–Crippen MR) is 194 cm³/mol. The van der Waals surface area contributed by atoms with Crippen LogP contribution >= 0.6 is 11.8 Å². The largest absolute Gasteiger partial charge is 0.308 e. The molecule has 0 bridgehead atoms. The third-order valence-electron chi connectivity index (χ3n) is 7.47. The quantitative estimate of drug-likeness (QED) is 0.187. The summed E-state index contributed by atoms with van der Waals surface area (Å²) in [6.45, 7) is 12.1. The highest BCUT2D eigenvalue weighted by Gasteiger charge is 2.24. The van der Waals surface area contributed by atoms with E-state index >= 15 is 0 Å². The van der Waals surface area contributed by atoms with Gasteiger partial charge in [-0.25, -0.2) is 15.0 Å². The maximum absolute atomic E-state index is 4.71. The molecule has 5 heteroatoms. The lowest BCUT2D eigenvalue weighted by atomic mass is 10.1. The summed E-state index contributed by atoms with van der Waals surface area (Å²) in [6, 6.07) is 45.2. The smallest absolute Gasteiger partial charge is 0.164 e. The number of fused-ring (bicyclic) bond motifs is 1. The van der Waals surface area contributed by atoms with Crippen LogP contribution < -0.4 is 4.90 Å². The second-order valence-corrected chi connectivity index (χ2v) is 11.9. The van der Waals surface area contributed by atoms with Crippen LogP contribution in [0.4, 0.5) is 11.4 Å². The van der Waals surface area contributed by atoms with Gasteiger partial charge in [-0.1, -0.05) is 146 Å². The summed E-state index contributed by atoms with van der Waals surface area (Å²) < 4.78 is 0. The Balaban J connectivity index is 0.000000164. The number of aromatic nitrogens is 3. The van der Waals surface area contributed by atoms with Crippen molar-refractivity contribution in [2.45, 2.75) is 18.7 Å². The number of rotatable bonds is 6. The summed E-state index contributed by atoms with van der Waals surface area (Å²) in [5, 5.41) is 0. The number of nitrogens with zero attached hydrogens (tertiary/aromatic N) is 4. The van der Waals surface area contributed by atoms with E-state index in [0.717, 1.165) is 33.0 Å². The topological polar surface area (TPSA) is 41.9 Å². The van der Waals surface area contributed by atoms with Crippen molar-refractivity contribution in [3.63, 3.8) is 0 Å². The number of thioether (sulfide) groups is 1. The van der Waals surface area contributed by atoms with Gasteiger partial charge in [0.25, 0.3) is 0 Å².